The Morgan fingerprint density at radius 3 is 3.00 bits per heavy atom. The number of aromatic nitrogens is 2. The van der Waals surface area contributed by atoms with Crippen molar-refractivity contribution in [3.8, 4) is 5.75 Å². The number of carbonyl (C=O) groups excluding carboxylic acids is 1. The lowest BCUT2D eigenvalue weighted by Gasteiger charge is -2.11. The maximum atomic E-state index is 10.1. The number of nitrogens with zero attached hydrogens (tertiary/aromatic N) is 3. The van der Waals surface area contributed by atoms with Crippen LogP contribution in [0.4, 0.5) is 5.13 Å². The Bertz CT molecular complexity index is 591. The van der Waals surface area contributed by atoms with E-state index in [2.05, 4.69) is 15.2 Å². The molecule has 0 aliphatic carbocycles. The number of aliphatic imine (C=N–C) groups is 1. The zero-order chi connectivity index (χ0) is 13.0. The maximum absolute atomic E-state index is 10.1. The topological polar surface area (TPSA) is 64.4 Å². The van der Waals surface area contributed by atoms with Crippen molar-refractivity contribution >= 4 is 22.5 Å². The van der Waals surface area contributed by atoms with Crippen LogP contribution in [0.25, 0.3) is 0 Å². The molecule has 2 rings (SSSR count). The molecule has 0 bridgehead atoms. The monoisotopic (exact) mass is 261 g/mol. The van der Waals surface area contributed by atoms with Crippen molar-refractivity contribution in [2.75, 3.05) is 0 Å². The molecule has 0 aliphatic heterocycles. The molecule has 5 nitrogen and oxygen atoms in total. The molecule has 0 N–H and O–H groups in total. The molecule has 1 aromatic carbocycles. The van der Waals surface area contributed by atoms with E-state index in [0.717, 1.165) is 11.3 Å². The van der Waals surface area contributed by atoms with E-state index in [1.807, 2.05) is 38.1 Å². The predicted octanol–water partition coefficient (Wildman–Crippen LogP) is 2.95. The van der Waals surface area contributed by atoms with Gasteiger partial charge in [0.15, 0.2) is 5.01 Å². The van der Waals surface area contributed by atoms with Crippen molar-refractivity contribution in [3.05, 3.63) is 34.8 Å². The highest BCUT2D eigenvalue weighted by Crippen LogP contribution is 2.27. The summed E-state index contributed by atoms with van der Waals surface area (Å²) in [6.45, 7) is 3.87. The molecule has 1 aromatic heterocycles. The smallest absolute Gasteiger partial charge is 0.242 e. The fourth-order valence-electron chi connectivity index (χ4n) is 1.42. The van der Waals surface area contributed by atoms with Gasteiger partial charge in [-0.1, -0.05) is 23.5 Å². The summed E-state index contributed by atoms with van der Waals surface area (Å²) in [6, 6.07) is 7.76. The van der Waals surface area contributed by atoms with Gasteiger partial charge in [0.25, 0.3) is 0 Å². The zero-order valence-corrected chi connectivity index (χ0v) is 10.8. The molecular formula is C12H11N3O2S. The van der Waals surface area contributed by atoms with Gasteiger partial charge in [-0.2, -0.15) is 0 Å². The number of rotatable bonds is 4. The van der Waals surface area contributed by atoms with Crippen LogP contribution in [-0.2, 0) is 4.79 Å². The van der Waals surface area contributed by atoms with Crippen molar-refractivity contribution in [2.24, 2.45) is 4.99 Å². The molecule has 0 aliphatic rings. The summed E-state index contributed by atoms with van der Waals surface area (Å²) in [4.78, 5) is 13.5. The summed E-state index contributed by atoms with van der Waals surface area (Å²) in [7, 11) is 0. The quantitative estimate of drug-likeness (QED) is 0.627. The lowest BCUT2D eigenvalue weighted by atomic mass is 10.2. The van der Waals surface area contributed by atoms with Gasteiger partial charge in [0.1, 0.15) is 11.9 Å². The van der Waals surface area contributed by atoms with E-state index in [0.29, 0.717) is 10.1 Å². The summed E-state index contributed by atoms with van der Waals surface area (Å²) in [5, 5.41) is 8.63. The van der Waals surface area contributed by atoms with E-state index >= 15 is 0 Å². The van der Waals surface area contributed by atoms with Crippen molar-refractivity contribution in [3.63, 3.8) is 0 Å². The molecule has 1 atom stereocenters. The molecular weight excluding hydrogens is 250 g/mol. The van der Waals surface area contributed by atoms with Crippen LogP contribution in [0.3, 0.4) is 0 Å². The van der Waals surface area contributed by atoms with Crippen LogP contribution in [0.15, 0.2) is 29.3 Å². The van der Waals surface area contributed by atoms with Gasteiger partial charge in [-0.05, 0) is 31.5 Å². The predicted molar refractivity (Wildman–Crippen MR) is 67.9 cm³/mol. The van der Waals surface area contributed by atoms with E-state index in [1.165, 1.54) is 17.4 Å². The number of hydrogen-bond acceptors (Lipinski definition) is 6. The molecule has 0 saturated carbocycles. The molecule has 0 saturated heterocycles. The third-order valence-corrected chi connectivity index (χ3v) is 3.20. The van der Waals surface area contributed by atoms with Gasteiger partial charge in [0, 0.05) is 0 Å². The summed E-state index contributed by atoms with van der Waals surface area (Å²) in [6.07, 6.45) is 1.20. The van der Waals surface area contributed by atoms with Crippen LogP contribution in [0, 0.1) is 6.92 Å². The van der Waals surface area contributed by atoms with Gasteiger partial charge in [-0.3, -0.25) is 0 Å². The largest absolute Gasteiger partial charge is 0.483 e. The lowest BCUT2D eigenvalue weighted by molar-refractivity contribution is 0.225. The zero-order valence-electron chi connectivity index (χ0n) is 9.95. The summed E-state index contributed by atoms with van der Waals surface area (Å²) < 4.78 is 5.74. The van der Waals surface area contributed by atoms with E-state index < -0.39 is 0 Å². The average Bonchev–Trinajstić information content (AvgIpc) is 2.78. The highest BCUT2D eigenvalue weighted by molar-refractivity contribution is 7.15. The first-order chi connectivity index (χ1) is 8.69. The van der Waals surface area contributed by atoms with Gasteiger partial charge >= 0.3 is 0 Å². The molecule has 18 heavy (non-hydrogen) atoms. The molecule has 6 heteroatoms. The van der Waals surface area contributed by atoms with Crippen molar-refractivity contribution in [1.82, 2.24) is 10.2 Å². The molecule has 0 spiro atoms. The van der Waals surface area contributed by atoms with Gasteiger partial charge < -0.3 is 4.74 Å². The average molecular weight is 261 g/mol. The number of hydrogen-bond donors (Lipinski definition) is 0. The number of isocyanates is 1. The Morgan fingerprint density at radius 1 is 1.44 bits per heavy atom. The number of ether oxygens (including phenoxy) is 1. The second-order valence-corrected chi connectivity index (χ2v) is 4.69. The minimum atomic E-state index is -0.236. The van der Waals surface area contributed by atoms with E-state index in [4.69, 9.17) is 4.74 Å². The van der Waals surface area contributed by atoms with Crippen LogP contribution in [0.5, 0.6) is 5.75 Å². The first-order valence-corrected chi connectivity index (χ1v) is 6.15. The summed E-state index contributed by atoms with van der Waals surface area (Å²) >= 11 is 1.21. The molecule has 1 unspecified atom stereocenters. The van der Waals surface area contributed by atoms with Crippen LogP contribution < -0.4 is 4.74 Å². The second-order valence-electron chi connectivity index (χ2n) is 3.70. The van der Waals surface area contributed by atoms with Gasteiger partial charge in [-0.15, -0.1) is 15.2 Å². The van der Waals surface area contributed by atoms with Crippen molar-refractivity contribution in [1.29, 1.82) is 0 Å². The van der Waals surface area contributed by atoms with Crippen LogP contribution >= 0.6 is 11.3 Å². The summed E-state index contributed by atoms with van der Waals surface area (Å²) in [5.41, 5.74) is 1.13. The maximum Gasteiger partial charge on any atom is 0.242 e. The first-order valence-electron chi connectivity index (χ1n) is 5.33. The fraction of sp³-hybridized carbons (Fsp3) is 0.250. The van der Waals surface area contributed by atoms with Crippen LogP contribution in [-0.4, -0.2) is 16.3 Å². The SMILES string of the molecule is Cc1cccc(OC(C)c2nnc(N=C=O)s2)c1. The number of aryl methyl sites for hydroxylation is 1. The Morgan fingerprint density at radius 2 is 2.28 bits per heavy atom. The van der Waals surface area contributed by atoms with Crippen molar-refractivity contribution in [2.45, 2.75) is 20.0 Å². The first kappa shape index (κ1) is 12.4. The van der Waals surface area contributed by atoms with Gasteiger partial charge in [0.2, 0.25) is 11.2 Å². The molecule has 0 radical (unpaired) electrons. The molecule has 0 fully saturated rings. The minimum Gasteiger partial charge on any atom is -0.483 e. The lowest BCUT2D eigenvalue weighted by Crippen LogP contribution is -2.02. The molecule has 92 valence electrons. The van der Waals surface area contributed by atoms with E-state index in [9.17, 15) is 4.79 Å². The van der Waals surface area contributed by atoms with E-state index in [-0.39, 0.29) is 6.10 Å². The van der Waals surface area contributed by atoms with E-state index in [1.54, 1.807) is 0 Å². The Kier molecular flexibility index (Phi) is 3.82. The normalized spacial score (nSPS) is 11.7. The van der Waals surface area contributed by atoms with Crippen molar-refractivity contribution < 1.29 is 9.53 Å². The third kappa shape index (κ3) is 3.00. The Labute approximate surface area is 108 Å². The van der Waals surface area contributed by atoms with Gasteiger partial charge in [-0.25, -0.2) is 4.79 Å². The van der Waals surface area contributed by atoms with Gasteiger partial charge in [0.05, 0.1) is 0 Å². The highest BCUT2D eigenvalue weighted by Gasteiger charge is 2.13. The Balaban J connectivity index is 2.11. The molecule has 2 aromatic rings. The fourth-order valence-corrected chi connectivity index (χ4v) is 2.07. The summed E-state index contributed by atoms with van der Waals surface area (Å²) in [5.74, 6) is 0.776. The minimum absolute atomic E-state index is 0.236. The third-order valence-electron chi connectivity index (χ3n) is 2.22. The number of benzene rings is 1. The van der Waals surface area contributed by atoms with Crippen LogP contribution in [0.2, 0.25) is 0 Å². The highest BCUT2D eigenvalue weighted by atomic mass is 32.1. The molecule has 0 amide bonds. The standard InChI is InChI=1S/C12H11N3O2S/c1-8-4-3-5-10(6-8)17-9(2)11-14-15-12(18-11)13-7-16/h3-6,9H,1-2H3. The van der Waals surface area contributed by atoms with Crippen LogP contribution in [0.1, 0.15) is 23.6 Å². The Hall–Kier alpha value is -2.04. The molecule has 1 heterocycles. The second kappa shape index (κ2) is 5.53.